The lowest BCUT2D eigenvalue weighted by Gasteiger charge is -2.26. The molecule has 0 saturated carbocycles. The van der Waals surface area contributed by atoms with E-state index in [1.54, 1.807) is 12.1 Å². The van der Waals surface area contributed by atoms with E-state index < -0.39 is 29.3 Å². The van der Waals surface area contributed by atoms with E-state index in [2.05, 4.69) is 0 Å². The monoisotopic (exact) mass is 282 g/mol. The smallest absolute Gasteiger partial charge is 0.338 e. The molecule has 110 valence electrons. The van der Waals surface area contributed by atoms with Crippen molar-refractivity contribution in [1.82, 2.24) is 0 Å². The molecule has 1 aliphatic heterocycles. The Morgan fingerprint density at radius 1 is 1.35 bits per heavy atom. The summed E-state index contributed by atoms with van der Waals surface area (Å²) in [5, 5.41) is 9.49. The van der Waals surface area contributed by atoms with Crippen LogP contribution in [0.4, 0.5) is 4.39 Å². The highest BCUT2D eigenvalue weighted by Gasteiger charge is 2.58. The number of aliphatic carboxylic acids is 1. The molecular formula is C15H19FO4. The largest absolute Gasteiger partial charge is 0.479 e. The molecule has 1 aromatic rings. The topological polar surface area (TPSA) is 55.8 Å². The Balaban J connectivity index is 2.50. The Bertz CT molecular complexity index is 512. The molecule has 0 radical (unpaired) electrons. The van der Waals surface area contributed by atoms with Gasteiger partial charge in [-0.25, -0.2) is 9.18 Å². The quantitative estimate of drug-likeness (QED) is 0.920. The van der Waals surface area contributed by atoms with Crippen molar-refractivity contribution in [3.05, 3.63) is 35.6 Å². The van der Waals surface area contributed by atoms with Crippen molar-refractivity contribution in [1.29, 1.82) is 0 Å². The lowest BCUT2D eigenvalue weighted by Crippen LogP contribution is -2.42. The van der Waals surface area contributed by atoms with Crippen LogP contribution in [0.15, 0.2) is 24.3 Å². The number of carboxylic acid groups (broad SMARTS) is 1. The molecule has 1 heterocycles. The summed E-state index contributed by atoms with van der Waals surface area (Å²) >= 11 is 0. The molecule has 2 rings (SSSR count). The molecule has 1 fully saturated rings. The van der Waals surface area contributed by atoms with Crippen LogP contribution in [0.25, 0.3) is 0 Å². The van der Waals surface area contributed by atoms with Gasteiger partial charge in [0.15, 0.2) is 11.4 Å². The lowest BCUT2D eigenvalue weighted by molar-refractivity contribution is -0.200. The molecule has 1 saturated heterocycles. The number of hydrogen-bond acceptors (Lipinski definition) is 3. The first-order valence-electron chi connectivity index (χ1n) is 6.74. The highest BCUT2D eigenvalue weighted by molar-refractivity contribution is 5.78. The predicted octanol–water partition coefficient (Wildman–Crippen LogP) is 3.27. The minimum absolute atomic E-state index is 0.209. The molecule has 2 atom stereocenters. The van der Waals surface area contributed by atoms with Crippen LogP contribution in [0.5, 0.6) is 0 Å². The van der Waals surface area contributed by atoms with Crippen LogP contribution in [-0.4, -0.2) is 22.5 Å². The third-order valence-electron chi connectivity index (χ3n) is 3.92. The van der Waals surface area contributed by atoms with Crippen molar-refractivity contribution < 1.29 is 23.8 Å². The molecule has 0 aliphatic carbocycles. The van der Waals surface area contributed by atoms with Crippen LogP contribution >= 0.6 is 0 Å². The average Bonchev–Trinajstić information content (AvgIpc) is 2.75. The van der Waals surface area contributed by atoms with Gasteiger partial charge in [-0.1, -0.05) is 32.0 Å². The first-order chi connectivity index (χ1) is 9.38. The summed E-state index contributed by atoms with van der Waals surface area (Å²) in [5.41, 5.74) is -1.39. The van der Waals surface area contributed by atoms with Gasteiger partial charge in [-0.3, -0.25) is 0 Å². The van der Waals surface area contributed by atoms with E-state index in [0.717, 1.165) is 0 Å². The van der Waals surface area contributed by atoms with Crippen molar-refractivity contribution >= 4 is 5.97 Å². The maximum Gasteiger partial charge on any atom is 0.338 e. The fraction of sp³-hybridized carbons (Fsp3) is 0.533. The zero-order valence-corrected chi connectivity index (χ0v) is 11.9. The second kappa shape index (κ2) is 5.14. The third kappa shape index (κ3) is 2.21. The summed E-state index contributed by atoms with van der Waals surface area (Å²) in [6.45, 7) is 5.14. The van der Waals surface area contributed by atoms with Gasteiger partial charge in [-0.05, 0) is 25.8 Å². The summed E-state index contributed by atoms with van der Waals surface area (Å²) in [6, 6.07) is 6.03. The van der Waals surface area contributed by atoms with E-state index in [1.807, 2.05) is 13.8 Å². The molecule has 0 amide bonds. The Labute approximate surface area is 117 Å². The van der Waals surface area contributed by atoms with Crippen LogP contribution in [0.1, 0.15) is 45.3 Å². The average molecular weight is 282 g/mol. The number of hydrogen-bond donors (Lipinski definition) is 1. The highest BCUT2D eigenvalue weighted by atomic mass is 19.1. The molecule has 2 unspecified atom stereocenters. The summed E-state index contributed by atoms with van der Waals surface area (Å²) in [4.78, 5) is 11.6. The van der Waals surface area contributed by atoms with Crippen molar-refractivity contribution in [3.63, 3.8) is 0 Å². The molecule has 5 heteroatoms. The maximum absolute atomic E-state index is 14.0. The van der Waals surface area contributed by atoms with Crippen LogP contribution in [0.3, 0.4) is 0 Å². The van der Waals surface area contributed by atoms with Crippen molar-refractivity contribution in [2.45, 2.75) is 51.1 Å². The Kier molecular flexibility index (Phi) is 3.84. The lowest BCUT2D eigenvalue weighted by atomic mass is 9.93. The summed E-state index contributed by atoms with van der Waals surface area (Å²) in [7, 11) is 0. The molecule has 20 heavy (non-hydrogen) atoms. The molecule has 1 aliphatic rings. The van der Waals surface area contributed by atoms with E-state index in [9.17, 15) is 14.3 Å². The maximum atomic E-state index is 14.0. The van der Waals surface area contributed by atoms with Gasteiger partial charge in [0.25, 0.3) is 0 Å². The predicted molar refractivity (Wildman–Crippen MR) is 70.7 cm³/mol. The van der Waals surface area contributed by atoms with Crippen LogP contribution in [0, 0.1) is 5.82 Å². The first kappa shape index (κ1) is 14.9. The van der Waals surface area contributed by atoms with Gasteiger partial charge in [0.2, 0.25) is 0 Å². The van der Waals surface area contributed by atoms with E-state index in [-0.39, 0.29) is 5.56 Å². The molecule has 0 bridgehead atoms. The van der Waals surface area contributed by atoms with E-state index in [0.29, 0.717) is 12.8 Å². The van der Waals surface area contributed by atoms with Crippen molar-refractivity contribution in [3.8, 4) is 0 Å². The van der Waals surface area contributed by atoms with Gasteiger partial charge < -0.3 is 14.6 Å². The third-order valence-corrected chi connectivity index (χ3v) is 3.92. The Morgan fingerprint density at radius 2 is 1.95 bits per heavy atom. The number of carboxylic acids is 1. The number of rotatable bonds is 4. The standard InChI is InChI=1S/C15H19FO4/c1-4-15(5-2)19-12(14(3,20-15)13(17)18)10-8-6-7-9-11(10)16/h6-9,12H,4-5H2,1-3H3,(H,17,18). The molecule has 1 aromatic carbocycles. The van der Waals surface area contributed by atoms with Crippen LogP contribution < -0.4 is 0 Å². The van der Waals surface area contributed by atoms with Gasteiger partial charge in [0.1, 0.15) is 11.9 Å². The summed E-state index contributed by atoms with van der Waals surface area (Å²) in [5.74, 6) is -2.63. The molecule has 4 nitrogen and oxygen atoms in total. The van der Waals surface area contributed by atoms with Crippen molar-refractivity contribution in [2.75, 3.05) is 0 Å². The number of ether oxygens (including phenoxy) is 2. The Morgan fingerprint density at radius 3 is 2.45 bits per heavy atom. The van der Waals surface area contributed by atoms with Crippen LogP contribution in [0.2, 0.25) is 0 Å². The minimum atomic E-state index is -1.60. The second-order valence-corrected chi connectivity index (χ2v) is 5.15. The second-order valence-electron chi connectivity index (χ2n) is 5.15. The first-order valence-corrected chi connectivity index (χ1v) is 6.74. The normalized spacial score (nSPS) is 28.5. The number of benzene rings is 1. The fourth-order valence-electron chi connectivity index (χ4n) is 2.56. The van der Waals surface area contributed by atoms with Gasteiger partial charge in [0, 0.05) is 5.56 Å². The molecule has 0 aromatic heterocycles. The van der Waals surface area contributed by atoms with Gasteiger partial charge >= 0.3 is 5.97 Å². The Hall–Kier alpha value is -1.46. The zero-order chi connectivity index (χ0) is 15.0. The van der Waals surface area contributed by atoms with Crippen molar-refractivity contribution in [2.24, 2.45) is 0 Å². The van der Waals surface area contributed by atoms with Crippen LogP contribution in [-0.2, 0) is 14.3 Å². The minimum Gasteiger partial charge on any atom is -0.479 e. The SMILES string of the molecule is CCC1(CC)OC(c2ccccc2F)C(C)(C(=O)O)O1. The zero-order valence-electron chi connectivity index (χ0n) is 11.9. The van der Waals surface area contributed by atoms with Gasteiger partial charge in [-0.15, -0.1) is 0 Å². The number of carbonyl (C=O) groups is 1. The van der Waals surface area contributed by atoms with E-state index in [1.165, 1.54) is 19.1 Å². The van der Waals surface area contributed by atoms with Gasteiger partial charge in [-0.2, -0.15) is 0 Å². The van der Waals surface area contributed by atoms with E-state index >= 15 is 0 Å². The highest BCUT2D eigenvalue weighted by Crippen LogP contribution is 2.49. The molecular weight excluding hydrogens is 263 g/mol. The fourth-order valence-corrected chi connectivity index (χ4v) is 2.56. The summed E-state index contributed by atoms with van der Waals surface area (Å²) in [6.07, 6.45) is 0.0235. The molecule has 1 N–H and O–H groups in total. The molecule has 0 spiro atoms. The van der Waals surface area contributed by atoms with E-state index in [4.69, 9.17) is 9.47 Å². The summed E-state index contributed by atoms with van der Waals surface area (Å²) < 4.78 is 25.6. The van der Waals surface area contributed by atoms with Gasteiger partial charge in [0.05, 0.1) is 0 Å². The number of halogens is 1.